The molecule has 0 atom stereocenters. The Morgan fingerprint density at radius 3 is 2.59 bits per heavy atom. The van der Waals surface area contributed by atoms with Gasteiger partial charge in [-0.25, -0.2) is 4.52 Å². The number of hydrogen-bond acceptors (Lipinski definition) is 4. The van der Waals surface area contributed by atoms with E-state index in [4.69, 9.17) is 9.47 Å². The van der Waals surface area contributed by atoms with E-state index in [1.54, 1.807) is 0 Å². The molecule has 1 saturated heterocycles. The summed E-state index contributed by atoms with van der Waals surface area (Å²) in [5, 5.41) is 4.39. The second kappa shape index (κ2) is 8.66. The van der Waals surface area contributed by atoms with Crippen LogP contribution in [0.15, 0.2) is 48.7 Å². The third-order valence-corrected chi connectivity index (χ3v) is 5.49. The maximum absolute atomic E-state index is 12.0. The lowest BCUT2D eigenvalue weighted by Gasteiger charge is -2.32. The Morgan fingerprint density at radius 1 is 1.10 bits per heavy atom. The molecule has 1 fully saturated rings. The minimum absolute atomic E-state index is 0.0687. The van der Waals surface area contributed by atoms with E-state index in [1.165, 1.54) is 0 Å². The van der Waals surface area contributed by atoms with Crippen LogP contribution >= 0.6 is 0 Å². The molecule has 0 aliphatic carbocycles. The van der Waals surface area contributed by atoms with Crippen molar-refractivity contribution in [3.05, 3.63) is 54.4 Å². The van der Waals surface area contributed by atoms with Crippen molar-refractivity contribution in [1.29, 1.82) is 0 Å². The second-order valence-corrected chi connectivity index (χ2v) is 7.36. The smallest absolute Gasteiger partial charge is 0.248 e. The molecule has 2 aromatic heterocycles. The molecule has 0 unspecified atom stereocenters. The van der Waals surface area contributed by atoms with Gasteiger partial charge in [0.1, 0.15) is 18.5 Å². The second-order valence-electron chi connectivity index (χ2n) is 7.36. The molecule has 6 nitrogen and oxygen atoms in total. The molecule has 4 rings (SSSR count). The van der Waals surface area contributed by atoms with Gasteiger partial charge in [-0.3, -0.25) is 4.79 Å². The Hall–Kier alpha value is -2.86. The molecule has 1 amide bonds. The SMILES string of the molecule is CCOCC(=O)N1CCC(Oc2ccc(-c3ccc4ccnn4c3C)cc2)CC1. The van der Waals surface area contributed by atoms with Crippen LogP contribution in [0, 0.1) is 6.92 Å². The van der Waals surface area contributed by atoms with E-state index in [0.29, 0.717) is 6.61 Å². The highest BCUT2D eigenvalue weighted by Gasteiger charge is 2.23. The Morgan fingerprint density at radius 2 is 1.86 bits per heavy atom. The van der Waals surface area contributed by atoms with Gasteiger partial charge in [0.15, 0.2) is 0 Å². The number of aromatic nitrogens is 2. The summed E-state index contributed by atoms with van der Waals surface area (Å²) in [5.41, 5.74) is 4.51. The van der Waals surface area contributed by atoms with Crippen LogP contribution in [0.5, 0.6) is 5.75 Å². The van der Waals surface area contributed by atoms with Crippen molar-refractivity contribution in [1.82, 2.24) is 14.5 Å². The van der Waals surface area contributed by atoms with Crippen LogP contribution in [-0.2, 0) is 9.53 Å². The summed E-state index contributed by atoms with van der Waals surface area (Å²) in [6.45, 7) is 6.16. The van der Waals surface area contributed by atoms with Crippen LogP contribution < -0.4 is 4.74 Å². The van der Waals surface area contributed by atoms with Gasteiger partial charge in [0.2, 0.25) is 5.91 Å². The predicted molar refractivity (Wildman–Crippen MR) is 112 cm³/mol. The van der Waals surface area contributed by atoms with Crippen molar-refractivity contribution in [2.45, 2.75) is 32.8 Å². The first-order valence-corrected chi connectivity index (χ1v) is 10.2. The van der Waals surface area contributed by atoms with Crippen molar-refractivity contribution < 1.29 is 14.3 Å². The van der Waals surface area contributed by atoms with Gasteiger partial charge in [0.05, 0.1) is 5.52 Å². The molecule has 152 valence electrons. The number of piperidine rings is 1. The lowest BCUT2D eigenvalue weighted by atomic mass is 10.0. The zero-order chi connectivity index (χ0) is 20.2. The van der Waals surface area contributed by atoms with Crippen molar-refractivity contribution >= 4 is 11.4 Å². The van der Waals surface area contributed by atoms with E-state index in [0.717, 1.165) is 54.0 Å². The fraction of sp³-hybridized carbons (Fsp3) is 0.391. The van der Waals surface area contributed by atoms with Gasteiger partial charge in [-0.05, 0) is 43.7 Å². The fourth-order valence-electron chi connectivity index (χ4n) is 3.84. The number of aryl methyl sites for hydroxylation is 1. The normalized spacial score (nSPS) is 15.0. The highest BCUT2D eigenvalue weighted by atomic mass is 16.5. The summed E-state index contributed by atoms with van der Waals surface area (Å²) < 4.78 is 13.3. The number of nitrogens with zero attached hydrogens (tertiary/aromatic N) is 3. The number of pyridine rings is 1. The van der Waals surface area contributed by atoms with E-state index in [1.807, 2.05) is 40.7 Å². The third-order valence-electron chi connectivity index (χ3n) is 5.49. The van der Waals surface area contributed by atoms with E-state index in [2.05, 4.69) is 36.3 Å². The number of carbonyl (C=O) groups is 1. The molecule has 0 radical (unpaired) electrons. The van der Waals surface area contributed by atoms with Crippen LogP contribution in [0.2, 0.25) is 0 Å². The van der Waals surface area contributed by atoms with E-state index in [-0.39, 0.29) is 18.6 Å². The van der Waals surface area contributed by atoms with Crippen molar-refractivity contribution in [2.75, 3.05) is 26.3 Å². The van der Waals surface area contributed by atoms with Gasteiger partial charge >= 0.3 is 0 Å². The molecule has 0 bridgehead atoms. The molecule has 1 aromatic carbocycles. The average Bonchev–Trinajstić information content (AvgIpc) is 3.23. The quantitative estimate of drug-likeness (QED) is 0.641. The lowest BCUT2D eigenvalue weighted by molar-refractivity contribution is -0.137. The van der Waals surface area contributed by atoms with Crippen LogP contribution in [0.3, 0.4) is 0 Å². The van der Waals surface area contributed by atoms with Crippen molar-refractivity contribution in [3.63, 3.8) is 0 Å². The van der Waals surface area contributed by atoms with Crippen molar-refractivity contribution in [3.8, 4) is 16.9 Å². The van der Waals surface area contributed by atoms with Crippen molar-refractivity contribution in [2.24, 2.45) is 0 Å². The summed E-state index contributed by atoms with van der Waals surface area (Å²) in [7, 11) is 0. The summed E-state index contributed by atoms with van der Waals surface area (Å²) >= 11 is 0. The zero-order valence-electron chi connectivity index (χ0n) is 17.0. The zero-order valence-corrected chi connectivity index (χ0v) is 17.0. The monoisotopic (exact) mass is 393 g/mol. The van der Waals surface area contributed by atoms with Gasteiger partial charge in [0, 0.05) is 50.0 Å². The first kappa shape index (κ1) is 19.5. The molecule has 3 aromatic rings. The lowest BCUT2D eigenvalue weighted by Crippen LogP contribution is -2.43. The maximum atomic E-state index is 12.0. The molecular weight excluding hydrogens is 366 g/mol. The fourth-order valence-corrected chi connectivity index (χ4v) is 3.84. The van der Waals surface area contributed by atoms with Crippen LogP contribution in [0.4, 0.5) is 0 Å². The molecular formula is C23H27N3O3. The van der Waals surface area contributed by atoms with E-state index >= 15 is 0 Å². The highest BCUT2D eigenvalue weighted by molar-refractivity contribution is 5.77. The van der Waals surface area contributed by atoms with Crippen LogP contribution in [-0.4, -0.2) is 52.8 Å². The molecule has 29 heavy (non-hydrogen) atoms. The Kier molecular flexibility index (Phi) is 5.81. The average molecular weight is 393 g/mol. The van der Waals surface area contributed by atoms with Gasteiger partial charge in [-0.2, -0.15) is 5.10 Å². The Balaban J connectivity index is 1.36. The van der Waals surface area contributed by atoms with Gasteiger partial charge < -0.3 is 14.4 Å². The summed E-state index contributed by atoms with van der Waals surface area (Å²) in [5.74, 6) is 0.935. The maximum Gasteiger partial charge on any atom is 0.248 e. The molecule has 0 spiro atoms. The first-order chi connectivity index (χ1) is 14.2. The molecule has 0 saturated carbocycles. The number of benzene rings is 1. The number of carbonyl (C=O) groups excluding carboxylic acids is 1. The summed E-state index contributed by atoms with van der Waals surface area (Å²) in [6.07, 6.45) is 3.64. The third kappa shape index (κ3) is 4.27. The minimum atomic E-state index is 0.0687. The van der Waals surface area contributed by atoms with Crippen LogP contribution in [0.1, 0.15) is 25.5 Å². The van der Waals surface area contributed by atoms with E-state index < -0.39 is 0 Å². The number of rotatable bonds is 6. The van der Waals surface area contributed by atoms with Gasteiger partial charge in [0.25, 0.3) is 0 Å². The topological polar surface area (TPSA) is 56.1 Å². The number of fused-ring (bicyclic) bond motifs is 1. The molecule has 0 N–H and O–H groups in total. The minimum Gasteiger partial charge on any atom is -0.490 e. The molecule has 6 heteroatoms. The van der Waals surface area contributed by atoms with E-state index in [9.17, 15) is 4.79 Å². The van der Waals surface area contributed by atoms with Crippen LogP contribution in [0.25, 0.3) is 16.6 Å². The number of hydrogen-bond donors (Lipinski definition) is 0. The van der Waals surface area contributed by atoms with Gasteiger partial charge in [-0.1, -0.05) is 18.2 Å². The number of ether oxygens (including phenoxy) is 2. The largest absolute Gasteiger partial charge is 0.490 e. The Bertz CT molecular complexity index is 973. The molecule has 3 heterocycles. The van der Waals surface area contributed by atoms with Gasteiger partial charge in [-0.15, -0.1) is 0 Å². The molecule has 1 aliphatic heterocycles. The first-order valence-electron chi connectivity index (χ1n) is 10.2. The summed E-state index contributed by atoms with van der Waals surface area (Å²) in [4.78, 5) is 13.9. The molecule has 1 aliphatic rings. The highest BCUT2D eigenvalue weighted by Crippen LogP contribution is 2.27. The predicted octanol–water partition coefficient (Wildman–Crippen LogP) is 3.72. The number of amides is 1. The standard InChI is InChI=1S/C23H27N3O3/c1-3-28-16-23(27)25-14-11-21(12-15-25)29-20-7-4-18(5-8-20)22-9-6-19-10-13-24-26(19)17(22)2/h4-10,13,21H,3,11-12,14-16H2,1-2H3. The number of likely N-dealkylation sites (tertiary alicyclic amines) is 1. The summed E-state index contributed by atoms with van der Waals surface area (Å²) in [6, 6.07) is 14.5. The Labute approximate surface area is 171 Å².